The van der Waals surface area contributed by atoms with Crippen LogP contribution in [0.4, 0.5) is 0 Å². The van der Waals surface area contributed by atoms with Crippen LogP contribution in [0.2, 0.25) is 5.02 Å². The molecule has 2 fully saturated rings. The van der Waals surface area contributed by atoms with Gasteiger partial charge in [0.05, 0.1) is 10.7 Å². The van der Waals surface area contributed by atoms with Gasteiger partial charge in [-0.05, 0) is 81.6 Å². The van der Waals surface area contributed by atoms with Gasteiger partial charge in [0.2, 0.25) is 5.91 Å². The lowest BCUT2D eigenvalue weighted by molar-refractivity contribution is -0.123. The van der Waals surface area contributed by atoms with Crippen molar-refractivity contribution in [3.05, 3.63) is 63.1 Å². The molecule has 2 aromatic rings. The third-order valence-corrected chi connectivity index (χ3v) is 7.14. The van der Waals surface area contributed by atoms with Gasteiger partial charge in [0, 0.05) is 10.9 Å². The van der Waals surface area contributed by atoms with E-state index in [-0.39, 0.29) is 17.2 Å². The first-order valence-electron chi connectivity index (χ1n) is 9.97. The molecule has 152 valence electrons. The second-order valence-corrected chi connectivity index (χ2v) is 9.47. The van der Waals surface area contributed by atoms with Gasteiger partial charge in [0.25, 0.3) is 0 Å². The zero-order valence-corrected chi connectivity index (χ0v) is 18.7. The summed E-state index contributed by atoms with van der Waals surface area (Å²) >= 11 is 9.44. The number of amides is 1. The number of benzene rings is 2. The van der Waals surface area contributed by atoms with E-state index in [9.17, 15) is 4.79 Å². The van der Waals surface area contributed by atoms with Gasteiger partial charge in [0.15, 0.2) is 0 Å². The minimum atomic E-state index is 0.0534. The highest BCUT2D eigenvalue weighted by atomic mass is 79.9. The Labute approximate surface area is 184 Å². The van der Waals surface area contributed by atoms with Crippen molar-refractivity contribution in [2.75, 3.05) is 0 Å². The predicted molar refractivity (Wildman–Crippen MR) is 119 cm³/mol. The van der Waals surface area contributed by atoms with Crippen LogP contribution in [-0.4, -0.2) is 12.1 Å². The van der Waals surface area contributed by atoms with Gasteiger partial charge < -0.3 is 4.74 Å². The number of nitrogens with one attached hydrogen (secondary N) is 1. The van der Waals surface area contributed by atoms with Crippen molar-refractivity contribution >= 4 is 39.7 Å². The molecule has 29 heavy (non-hydrogen) atoms. The summed E-state index contributed by atoms with van der Waals surface area (Å²) in [6.45, 7) is 2.70. The SMILES string of the molecule is C[C@]12CCCC[C@@H]1[C@H]2C(=O)N/N=C\c1ccc(OCc2ccc(Cl)cc2)c(Br)c1. The van der Waals surface area contributed by atoms with E-state index in [2.05, 4.69) is 33.4 Å². The van der Waals surface area contributed by atoms with E-state index in [1.807, 2.05) is 42.5 Å². The first kappa shape index (κ1) is 20.4. The van der Waals surface area contributed by atoms with Crippen LogP contribution in [0.5, 0.6) is 5.75 Å². The van der Waals surface area contributed by atoms with Crippen molar-refractivity contribution in [2.45, 2.75) is 39.2 Å². The number of hydrogen-bond acceptors (Lipinski definition) is 3. The van der Waals surface area contributed by atoms with Gasteiger partial charge in [-0.15, -0.1) is 0 Å². The van der Waals surface area contributed by atoms with Gasteiger partial charge in [-0.2, -0.15) is 5.10 Å². The first-order chi connectivity index (χ1) is 14.0. The Morgan fingerprint density at radius 3 is 2.79 bits per heavy atom. The largest absolute Gasteiger partial charge is 0.488 e. The Morgan fingerprint density at radius 2 is 2.10 bits per heavy atom. The number of rotatable bonds is 6. The van der Waals surface area contributed by atoms with Crippen LogP contribution in [0, 0.1) is 17.3 Å². The standard InChI is InChI=1S/C23H24BrClN2O2/c1-23-11-3-2-4-18(23)21(23)22(28)27-26-13-16-7-10-20(19(24)12-16)29-14-15-5-8-17(25)9-6-15/h5-10,12-13,18,21H,2-4,11,14H2,1H3,(H,27,28)/b26-13-/t18-,21+,23+/m1/s1. The molecule has 0 unspecified atom stereocenters. The maximum Gasteiger partial charge on any atom is 0.244 e. The van der Waals surface area contributed by atoms with Crippen LogP contribution >= 0.6 is 27.5 Å². The summed E-state index contributed by atoms with van der Waals surface area (Å²) in [5.74, 6) is 1.46. The molecular formula is C23H24BrClN2O2. The fourth-order valence-corrected chi connectivity index (χ4v) is 5.18. The van der Waals surface area contributed by atoms with E-state index in [1.165, 1.54) is 19.3 Å². The Balaban J connectivity index is 1.31. The van der Waals surface area contributed by atoms with Crippen LogP contribution < -0.4 is 10.2 Å². The molecule has 0 radical (unpaired) electrons. The van der Waals surface area contributed by atoms with Crippen molar-refractivity contribution in [2.24, 2.45) is 22.4 Å². The normalized spacial score (nSPS) is 25.5. The Bertz CT molecular complexity index is 931. The number of halogens is 2. The molecule has 0 heterocycles. The van der Waals surface area contributed by atoms with E-state index >= 15 is 0 Å². The van der Waals surface area contributed by atoms with E-state index < -0.39 is 0 Å². The molecule has 2 aliphatic carbocycles. The molecule has 2 aliphatic rings. The fourth-order valence-electron chi connectivity index (χ4n) is 4.55. The monoisotopic (exact) mass is 474 g/mol. The number of hydrogen-bond donors (Lipinski definition) is 1. The summed E-state index contributed by atoms with van der Waals surface area (Å²) in [6.07, 6.45) is 6.47. The quantitative estimate of drug-likeness (QED) is 0.414. The molecule has 3 atom stereocenters. The molecule has 4 nitrogen and oxygen atoms in total. The zero-order chi connectivity index (χ0) is 20.4. The van der Waals surface area contributed by atoms with Crippen LogP contribution in [0.15, 0.2) is 52.0 Å². The minimum Gasteiger partial charge on any atom is -0.488 e. The molecule has 4 rings (SSSR count). The highest BCUT2D eigenvalue weighted by Gasteiger charge is 2.64. The Morgan fingerprint density at radius 1 is 1.31 bits per heavy atom. The second-order valence-electron chi connectivity index (χ2n) is 8.18. The molecule has 0 aliphatic heterocycles. The van der Waals surface area contributed by atoms with Crippen molar-refractivity contribution < 1.29 is 9.53 Å². The average Bonchev–Trinajstić information content (AvgIpc) is 3.34. The third-order valence-electron chi connectivity index (χ3n) is 6.27. The smallest absolute Gasteiger partial charge is 0.244 e. The lowest BCUT2D eigenvalue weighted by atomic mass is 9.90. The van der Waals surface area contributed by atoms with Crippen LogP contribution in [0.3, 0.4) is 0 Å². The van der Waals surface area contributed by atoms with Crippen molar-refractivity contribution in [3.8, 4) is 5.75 Å². The topological polar surface area (TPSA) is 50.7 Å². The van der Waals surface area contributed by atoms with E-state index in [4.69, 9.17) is 16.3 Å². The second kappa shape index (κ2) is 8.49. The Kier molecular flexibility index (Phi) is 5.98. The number of ether oxygens (including phenoxy) is 1. The van der Waals surface area contributed by atoms with Gasteiger partial charge >= 0.3 is 0 Å². The van der Waals surface area contributed by atoms with E-state index in [1.54, 1.807) is 6.21 Å². The number of carbonyl (C=O) groups excluding carboxylic acids is 1. The number of fused-ring (bicyclic) bond motifs is 1. The van der Waals surface area contributed by atoms with E-state index in [0.717, 1.165) is 27.8 Å². The van der Waals surface area contributed by atoms with Gasteiger partial charge in [-0.1, -0.05) is 43.5 Å². The molecular weight excluding hydrogens is 452 g/mol. The summed E-state index contributed by atoms with van der Waals surface area (Å²) in [5, 5.41) is 4.87. The maximum atomic E-state index is 12.5. The summed E-state index contributed by atoms with van der Waals surface area (Å²) in [4.78, 5) is 12.5. The summed E-state index contributed by atoms with van der Waals surface area (Å²) in [7, 11) is 0. The lowest BCUT2D eigenvalue weighted by Crippen LogP contribution is -2.22. The molecule has 0 aromatic heterocycles. The highest BCUT2D eigenvalue weighted by molar-refractivity contribution is 9.10. The van der Waals surface area contributed by atoms with E-state index in [0.29, 0.717) is 17.5 Å². The first-order valence-corrected chi connectivity index (χ1v) is 11.1. The summed E-state index contributed by atoms with van der Waals surface area (Å²) in [6, 6.07) is 13.3. The average molecular weight is 476 g/mol. The molecule has 6 heteroatoms. The third kappa shape index (κ3) is 4.51. The highest BCUT2D eigenvalue weighted by Crippen LogP contribution is 2.66. The number of carbonyl (C=O) groups is 1. The molecule has 1 N–H and O–H groups in total. The van der Waals surface area contributed by atoms with Gasteiger partial charge in [0.1, 0.15) is 12.4 Å². The fraction of sp³-hybridized carbons (Fsp3) is 0.391. The summed E-state index contributed by atoms with van der Waals surface area (Å²) in [5.41, 5.74) is 4.86. The van der Waals surface area contributed by atoms with Crippen LogP contribution in [-0.2, 0) is 11.4 Å². The maximum absolute atomic E-state index is 12.5. The van der Waals surface area contributed by atoms with Gasteiger partial charge in [-0.25, -0.2) is 5.43 Å². The zero-order valence-electron chi connectivity index (χ0n) is 16.3. The molecule has 1 amide bonds. The predicted octanol–water partition coefficient (Wildman–Crippen LogP) is 5.96. The van der Waals surface area contributed by atoms with Crippen LogP contribution in [0.25, 0.3) is 0 Å². The molecule has 0 spiro atoms. The van der Waals surface area contributed by atoms with Crippen molar-refractivity contribution in [1.29, 1.82) is 0 Å². The number of nitrogens with zero attached hydrogens (tertiary/aromatic N) is 1. The molecule has 0 saturated heterocycles. The minimum absolute atomic E-state index is 0.0534. The van der Waals surface area contributed by atoms with Crippen molar-refractivity contribution in [1.82, 2.24) is 5.43 Å². The lowest BCUT2D eigenvalue weighted by Gasteiger charge is -2.15. The Hall–Kier alpha value is -1.85. The van der Waals surface area contributed by atoms with Crippen LogP contribution in [0.1, 0.15) is 43.7 Å². The molecule has 2 saturated carbocycles. The number of hydrazone groups is 1. The molecule has 2 aromatic carbocycles. The summed E-state index contributed by atoms with van der Waals surface area (Å²) < 4.78 is 6.70. The van der Waals surface area contributed by atoms with Crippen molar-refractivity contribution in [3.63, 3.8) is 0 Å². The molecule has 0 bridgehead atoms. The van der Waals surface area contributed by atoms with Gasteiger partial charge in [-0.3, -0.25) is 4.79 Å².